The molecule has 1 aliphatic heterocycles. The minimum absolute atomic E-state index is 0.143. The van der Waals surface area contributed by atoms with Crippen LogP contribution >= 0.6 is 11.6 Å². The minimum atomic E-state index is -1.01. The number of carboxylic acids is 1. The van der Waals surface area contributed by atoms with Gasteiger partial charge in [0.1, 0.15) is 0 Å². The van der Waals surface area contributed by atoms with Gasteiger partial charge in [-0.2, -0.15) is 10.2 Å². The zero-order chi connectivity index (χ0) is 9.42. The van der Waals surface area contributed by atoms with Gasteiger partial charge in [-0.15, -0.1) is 0 Å². The Morgan fingerprint density at radius 2 is 2.31 bits per heavy atom. The van der Waals surface area contributed by atoms with Crippen LogP contribution < -0.4 is 0 Å². The van der Waals surface area contributed by atoms with E-state index >= 15 is 0 Å². The van der Waals surface area contributed by atoms with E-state index < -0.39 is 5.97 Å². The van der Waals surface area contributed by atoms with Crippen LogP contribution in [0.25, 0.3) is 0 Å². The van der Waals surface area contributed by atoms with Crippen molar-refractivity contribution < 1.29 is 9.90 Å². The summed E-state index contributed by atoms with van der Waals surface area (Å²) in [6.45, 7) is 0.439. The highest BCUT2D eigenvalue weighted by Crippen LogP contribution is 2.33. The molecule has 0 aromatic heterocycles. The van der Waals surface area contributed by atoms with E-state index in [1.807, 2.05) is 0 Å². The molecule has 0 aliphatic carbocycles. The summed E-state index contributed by atoms with van der Waals surface area (Å²) < 4.78 is 0. The monoisotopic (exact) mass is 196 g/mol. The highest BCUT2D eigenvalue weighted by molar-refractivity contribution is 6.32. The zero-order valence-corrected chi connectivity index (χ0v) is 7.25. The van der Waals surface area contributed by atoms with Gasteiger partial charge in [-0.3, -0.25) is 0 Å². The quantitative estimate of drug-likeness (QED) is 0.751. The molecular weight excluding hydrogens is 192 g/mol. The number of hydrogen-bond donors (Lipinski definition) is 1. The van der Waals surface area contributed by atoms with E-state index in [0.717, 1.165) is 5.56 Å². The first-order valence-electron chi connectivity index (χ1n) is 3.61. The molecule has 0 atom stereocenters. The largest absolute Gasteiger partial charge is 0.478 e. The van der Waals surface area contributed by atoms with Crippen LogP contribution in [0.15, 0.2) is 22.4 Å². The van der Waals surface area contributed by atoms with Crippen molar-refractivity contribution in [3.05, 3.63) is 28.3 Å². The normalized spacial score (nSPS) is 13.0. The molecule has 1 heterocycles. The number of halogens is 1. The van der Waals surface area contributed by atoms with Gasteiger partial charge in [0.05, 0.1) is 17.8 Å². The molecule has 0 saturated heterocycles. The molecule has 0 unspecified atom stereocenters. The summed E-state index contributed by atoms with van der Waals surface area (Å²) in [7, 11) is 0. The third kappa shape index (κ3) is 1.29. The van der Waals surface area contributed by atoms with Crippen LogP contribution in [0, 0.1) is 0 Å². The molecule has 1 N–H and O–H groups in total. The Labute approximate surface area is 78.9 Å². The van der Waals surface area contributed by atoms with E-state index in [0.29, 0.717) is 17.3 Å². The summed E-state index contributed by atoms with van der Waals surface area (Å²) in [6, 6.07) is 2.89. The van der Waals surface area contributed by atoms with Gasteiger partial charge in [0, 0.05) is 10.6 Å². The number of nitrogens with zero attached hydrogens (tertiary/aromatic N) is 2. The summed E-state index contributed by atoms with van der Waals surface area (Å²) in [6.07, 6.45) is 0. The number of fused-ring (bicyclic) bond motifs is 1. The van der Waals surface area contributed by atoms with Gasteiger partial charge in [-0.05, 0) is 12.1 Å². The third-order valence-corrected chi connectivity index (χ3v) is 2.16. The molecule has 1 aromatic carbocycles. The zero-order valence-electron chi connectivity index (χ0n) is 6.49. The van der Waals surface area contributed by atoms with Crippen LogP contribution in [0.2, 0.25) is 5.02 Å². The van der Waals surface area contributed by atoms with Crippen LogP contribution in [-0.4, -0.2) is 11.1 Å². The number of hydrogen-bond acceptors (Lipinski definition) is 3. The van der Waals surface area contributed by atoms with Crippen molar-refractivity contribution in [3.63, 3.8) is 0 Å². The van der Waals surface area contributed by atoms with E-state index in [2.05, 4.69) is 10.2 Å². The van der Waals surface area contributed by atoms with E-state index in [1.165, 1.54) is 12.1 Å². The maximum atomic E-state index is 10.6. The topological polar surface area (TPSA) is 62.0 Å². The predicted molar refractivity (Wildman–Crippen MR) is 46.6 cm³/mol. The van der Waals surface area contributed by atoms with Crippen LogP contribution in [0.4, 0.5) is 5.69 Å². The molecule has 0 spiro atoms. The molecule has 0 fully saturated rings. The lowest BCUT2D eigenvalue weighted by Crippen LogP contribution is -1.96. The SMILES string of the molecule is O=C(O)c1cc(Cl)c2c(c1)N=NC2. The smallest absolute Gasteiger partial charge is 0.335 e. The van der Waals surface area contributed by atoms with Crippen LogP contribution in [0.3, 0.4) is 0 Å². The van der Waals surface area contributed by atoms with E-state index in [9.17, 15) is 4.79 Å². The van der Waals surface area contributed by atoms with E-state index in [1.54, 1.807) is 0 Å². The van der Waals surface area contributed by atoms with Crippen LogP contribution in [0.5, 0.6) is 0 Å². The Hall–Kier alpha value is -1.42. The fourth-order valence-corrected chi connectivity index (χ4v) is 1.45. The van der Waals surface area contributed by atoms with Crippen molar-refractivity contribution in [3.8, 4) is 0 Å². The van der Waals surface area contributed by atoms with Crippen molar-refractivity contribution in [2.45, 2.75) is 6.54 Å². The maximum Gasteiger partial charge on any atom is 0.335 e. The molecular formula is C8H5ClN2O2. The van der Waals surface area contributed by atoms with Crippen molar-refractivity contribution >= 4 is 23.3 Å². The summed E-state index contributed by atoms with van der Waals surface area (Å²) >= 11 is 5.84. The second-order valence-corrected chi connectivity index (χ2v) is 3.07. The number of azo groups is 1. The van der Waals surface area contributed by atoms with E-state index in [4.69, 9.17) is 16.7 Å². The Morgan fingerprint density at radius 1 is 1.54 bits per heavy atom. The Balaban J connectivity index is 2.60. The first-order valence-corrected chi connectivity index (χ1v) is 3.99. The molecule has 0 radical (unpaired) electrons. The summed E-state index contributed by atoms with van der Waals surface area (Å²) in [5.41, 5.74) is 1.50. The molecule has 0 amide bonds. The molecule has 0 bridgehead atoms. The summed E-state index contributed by atoms with van der Waals surface area (Å²) in [4.78, 5) is 10.6. The third-order valence-electron chi connectivity index (χ3n) is 1.83. The molecule has 0 saturated carbocycles. The van der Waals surface area contributed by atoms with E-state index in [-0.39, 0.29) is 5.56 Å². The molecule has 13 heavy (non-hydrogen) atoms. The fourth-order valence-electron chi connectivity index (χ4n) is 1.17. The van der Waals surface area contributed by atoms with Gasteiger partial charge in [0.25, 0.3) is 0 Å². The molecule has 1 aromatic rings. The fraction of sp³-hybridized carbons (Fsp3) is 0.125. The first kappa shape index (κ1) is 8.19. The average molecular weight is 197 g/mol. The lowest BCUT2D eigenvalue weighted by Gasteiger charge is -2.00. The predicted octanol–water partition coefficient (Wildman–Crippen LogP) is 2.64. The molecule has 4 nitrogen and oxygen atoms in total. The maximum absolute atomic E-state index is 10.6. The van der Waals surface area contributed by atoms with Gasteiger partial charge >= 0.3 is 5.97 Å². The number of benzene rings is 1. The summed E-state index contributed by atoms with van der Waals surface area (Å²) in [5, 5.41) is 16.7. The second kappa shape index (κ2) is 2.81. The minimum Gasteiger partial charge on any atom is -0.478 e. The molecule has 5 heteroatoms. The van der Waals surface area contributed by atoms with Crippen molar-refractivity contribution in [2.24, 2.45) is 10.2 Å². The average Bonchev–Trinajstić information content (AvgIpc) is 2.51. The van der Waals surface area contributed by atoms with Gasteiger partial charge in [0.2, 0.25) is 0 Å². The highest BCUT2D eigenvalue weighted by Gasteiger charge is 2.15. The molecule has 1 aliphatic rings. The number of carbonyl (C=O) groups is 1. The lowest BCUT2D eigenvalue weighted by atomic mass is 10.1. The second-order valence-electron chi connectivity index (χ2n) is 2.66. The van der Waals surface area contributed by atoms with Crippen molar-refractivity contribution in [1.29, 1.82) is 0 Å². The highest BCUT2D eigenvalue weighted by atomic mass is 35.5. The Kier molecular flexibility index (Phi) is 1.77. The number of aromatic carboxylic acids is 1. The number of carboxylic acid groups (broad SMARTS) is 1. The lowest BCUT2D eigenvalue weighted by molar-refractivity contribution is 0.0697. The number of rotatable bonds is 1. The Bertz CT molecular complexity index is 415. The Morgan fingerprint density at radius 3 is 3.00 bits per heavy atom. The van der Waals surface area contributed by atoms with Gasteiger partial charge < -0.3 is 5.11 Å². The standard InChI is InChI=1S/C8H5ClN2O2/c9-6-1-4(8(12)13)2-7-5(6)3-10-11-7/h1-2H,3H2,(H,12,13). The van der Waals surface area contributed by atoms with Gasteiger partial charge in [-0.25, -0.2) is 4.79 Å². The summed E-state index contributed by atoms with van der Waals surface area (Å²) in [5.74, 6) is -1.01. The molecule has 2 rings (SSSR count). The molecule has 66 valence electrons. The first-order chi connectivity index (χ1) is 6.18. The van der Waals surface area contributed by atoms with Crippen LogP contribution in [0.1, 0.15) is 15.9 Å². The van der Waals surface area contributed by atoms with Gasteiger partial charge in [0.15, 0.2) is 0 Å². The van der Waals surface area contributed by atoms with Crippen molar-refractivity contribution in [1.82, 2.24) is 0 Å². The van der Waals surface area contributed by atoms with Crippen LogP contribution in [-0.2, 0) is 6.54 Å². The van der Waals surface area contributed by atoms with Crippen molar-refractivity contribution in [2.75, 3.05) is 0 Å². The van der Waals surface area contributed by atoms with Gasteiger partial charge in [-0.1, -0.05) is 11.6 Å².